The van der Waals surface area contributed by atoms with Gasteiger partial charge in [0.25, 0.3) is 0 Å². The molecule has 0 aliphatic heterocycles. The molecule has 1 aliphatic carbocycles. The molecule has 1 aliphatic rings. The van der Waals surface area contributed by atoms with E-state index in [0.717, 1.165) is 5.69 Å². The second-order valence-electron chi connectivity index (χ2n) is 4.97. The largest absolute Gasteiger partial charge is 0.395 e. The van der Waals surface area contributed by atoms with Crippen LogP contribution in [0.4, 0.5) is 5.69 Å². The lowest BCUT2D eigenvalue weighted by Gasteiger charge is -2.35. The van der Waals surface area contributed by atoms with Crippen molar-refractivity contribution >= 4 is 22.9 Å². The molecule has 1 aromatic rings. The van der Waals surface area contributed by atoms with Crippen LogP contribution in [0, 0.1) is 0 Å². The fraction of sp³-hybridized carbons (Fsp3) is 0.571. The normalized spacial score (nSPS) is 16.3. The first-order valence-corrected chi connectivity index (χ1v) is 7.26. The molecule has 19 heavy (non-hydrogen) atoms. The first-order valence-electron chi connectivity index (χ1n) is 6.85. The molecule has 1 aromatic heterocycles. The summed E-state index contributed by atoms with van der Waals surface area (Å²) in [5, 5.41) is 9.27. The molecule has 0 unspecified atom stereocenters. The van der Waals surface area contributed by atoms with Gasteiger partial charge in [-0.25, -0.2) is 0 Å². The van der Waals surface area contributed by atoms with Gasteiger partial charge in [0.05, 0.1) is 24.2 Å². The average molecular weight is 279 g/mol. The van der Waals surface area contributed by atoms with E-state index in [-0.39, 0.29) is 6.61 Å². The summed E-state index contributed by atoms with van der Waals surface area (Å²) in [5.74, 6) is 0. The van der Waals surface area contributed by atoms with Crippen molar-refractivity contribution < 1.29 is 5.11 Å². The molecule has 0 amide bonds. The summed E-state index contributed by atoms with van der Waals surface area (Å²) in [7, 11) is 0. The Kier molecular flexibility index (Phi) is 5.10. The molecular weight excluding hydrogens is 258 g/mol. The summed E-state index contributed by atoms with van der Waals surface area (Å²) < 4.78 is 0. The second kappa shape index (κ2) is 6.82. The van der Waals surface area contributed by atoms with E-state index in [1.807, 2.05) is 12.1 Å². The van der Waals surface area contributed by atoms with Crippen LogP contribution in [0.25, 0.3) is 0 Å². The van der Waals surface area contributed by atoms with Gasteiger partial charge in [0, 0.05) is 12.6 Å². The van der Waals surface area contributed by atoms with E-state index in [0.29, 0.717) is 23.3 Å². The van der Waals surface area contributed by atoms with Crippen LogP contribution in [-0.2, 0) is 0 Å². The number of aliphatic hydroxyl groups excluding tert-OH is 1. The molecule has 0 saturated heterocycles. The molecule has 0 radical (unpaired) electrons. The molecule has 1 heterocycles. The lowest BCUT2D eigenvalue weighted by Crippen LogP contribution is -2.39. The van der Waals surface area contributed by atoms with Crippen LogP contribution in [0.1, 0.15) is 37.8 Å². The third-order valence-corrected chi connectivity index (χ3v) is 3.90. The van der Waals surface area contributed by atoms with Gasteiger partial charge in [-0.2, -0.15) is 0 Å². The van der Waals surface area contributed by atoms with Crippen LogP contribution in [-0.4, -0.2) is 34.3 Å². The summed E-state index contributed by atoms with van der Waals surface area (Å²) in [6.45, 7) is 0.812. The molecule has 1 fully saturated rings. The minimum absolute atomic E-state index is 0.160. The number of thiocarbonyl (C=S) groups is 1. The number of aromatic nitrogens is 1. The minimum atomic E-state index is 0.160. The quantitative estimate of drug-likeness (QED) is 0.805. The number of anilines is 1. The van der Waals surface area contributed by atoms with Gasteiger partial charge in [-0.3, -0.25) is 4.98 Å². The third kappa shape index (κ3) is 3.64. The van der Waals surface area contributed by atoms with Crippen molar-refractivity contribution in [1.29, 1.82) is 0 Å². The van der Waals surface area contributed by atoms with Gasteiger partial charge in [-0.15, -0.1) is 0 Å². The topological polar surface area (TPSA) is 62.4 Å². The highest BCUT2D eigenvalue weighted by molar-refractivity contribution is 7.80. The molecule has 3 N–H and O–H groups in total. The Morgan fingerprint density at radius 1 is 1.37 bits per heavy atom. The van der Waals surface area contributed by atoms with Crippen LogP contribution in [0.2, 0.25) is 0 Å². The SMILES string of the molecule is NC(=S)c1ccc(N(CCO)C2CCCCC2)cn1. The van der Waals surface area contributed by atoms with Crippen molar-refractivity contribution in [3.05, 3.63) is 24.0 Å². The zero-order valence-electron chi connectivity index (χ0n) is 11.1. The summed E-state index contributed by atoms with van der Waals surface area (Å²) in [6.07, 6.45) is 8.05. The summed E-state index contributed by atoms with van der Waals surface area (Å²) in [4.78, 5) is 6.86. The molecular formula is C14H21N3OS. The molecule has 2 rings (SSSR count). The first-order chi connectivity index (χ1) is 9.22. The van der Waals surface area contributed by atoms with E-state index in [1.165, 1.54) is 32.1 Å². The molecule has 5 heteroatoms. The van der Waals surface area contributed by atoms with Gasteiger partial charge >= 0.3 is 0 Å². The highest BCUT2D eigenvalue weighted by atomic mass is 32.1. The second-order valence-corrected chi connectivity index (χ2v) is 5.41. The van der Waals surface area contributed by atoms with Crippen LogP contribution >= 0.6 is 12.2 Å². The van der Waals surface area contributed by atoms with E-state index in [2.05, 4.69) is 9.88 Å². The van der Waals surface area contributed by atoms with E-state index in [9.17, 15) is 5.11 Å². The van der Waals surface area contributed by atoms with Gasteiger partial charge in [-0.1, -0.05) is 31.5 Å². The van der Waals surface area contributed by atoms with Crippen LogP contribution in [0.5, 0.6) is 0 Å². The number of aliphatic hydroxyl groups is 1. The van der Waals surface area contributed by atoms with Gasteiger partial charge in [0.1, 0.15) is 4.99 Å². The number of hydrogen-bond acceptors (Lipinski definition) is 4. The van der Waals surface area contributed by atoms with E-state index >= 15 is 0 Å². The van der Waals surface area contributed by atoms with Crippen molar-refractivity contribution in [3.63, 3.8) is 0 Å². The zero-order chi connectivity index (χ0) is 13.7. The highest BCUT2D eigenvalue weighted by Gasteiger charge is 2.21. The third-order valence-electron chi connectivity index (χ3n) is 3.69. The van der Waals surface area contributed by atoms with Gasteiger partial charge in [0.2, 0.25) is 0 Å². The van der Waals surface area contributed by atoms with Crippen molar-refractivity contribution in [1.82, 2.24) is 4.98 Å². The number of pyridine rings is 1. The average Bonchev–Trinajstić information content (AvgIpc) is 2.46. The summed E-state index contributed by atoms with van der Waals surface area (Å²) in [6, 6.07) is 4.36. The maximum Gasteiger partial charge on any atom is 0.122 e. The molecule has 0 aromatic carbocycles. The Labute approximate surface area is 119 Å². The monoisotopic (exact) mass is 279 g/mol. The zero-order valence-corrected chi connectivity index (χ0v) is 11.9. The predicted molar refractivity (Wildman–Crippen MR) is 81.4 cm³/mol. The maximum atomic E-state index is 9.27. The molecule has 4 nitrogen and oxygen atoms in total. The Balaban J connectivity index is 2.15. The number of rotatable bonds is 5. The van der Waals surface area contributed by atoms with Gasteiger partial charge < -0.3 is 15.7 Å². The summed E-state index contributed by atoms with van der Waals surface area (Å²) >= 11 is 4.91. The Bertz CT molecular complexity index is 415. The number of nitrogens with zero attached hydrogens (tertiary/aromatic N) is 2. The van der Waals surface area contributed by atoms with Crippen LogP contribution in [0.15, 0.2) is 18.3 Å². The number of nitrogens with two attached hydrogens (primary N) is 1. The van der Waals surface area contributed by atoms with E-state index in [4.69, 9.17) is 18.0 Å². The first kappa shape index (κ1) is 14.2. The fourth-order valence-corrected chi connectivity index (χ4v) is 2.85. The van der Waals surface area contributed by atoms with Gasteiger partial charge in [0.15, 0.2) is 0 Å². The number of hydrogen-bond donors (Lipinski definition) is 2. The molecule has 1 saturated carbocycles. The Morgan fingerprint density at radius 2 is 2.11 bits per heavy atom. The van der Waals surface area contributed by atoms with Crippen LogP contribution in [0.3, 0.4) is 0 Å². The van der Waals surface area contributed by atoms with Crippen molar-refractivity contribution in [2.75, 3.05) is 18.1 Å². The van der Waals surface area contributed by atoms with E-state index in [1.54, 1.807) is 6.20 Å². The van der Waals surface area contributed by atoms with Gasteiger partial charge in [-0.05, 0) is 25.0 Å². The molecule has 104 valence electrons. The minimum Gasteiger partial charge on any atom is -0.395 e. The van der Waals surface area contributed by atoms with Crippen molar-refractivity contribution in [2.24, 2.45) is 5.73 Å². The lowest BCUT2D eigenvalue weighted by atomic mass is 9.94. The maximum absolute atomic E-state index is 9.27. The molecule has 0 spiro atoms. The molecule has 0 bridgehead atoms. The highest BCUT2D eigenvalue weighted by Crippen LogP contribution is 2.26. The molecule has 0 atom stereocenters. The van der Waals surface area contributed by atoms with E-state index < -0.39 is 0 Å². The van der Waals surface area contributed by atoms with Crippen molar-refractivity contribution in [2.45, 2.75) is 38.1 Å². The predicted octanol–water partition coefficient (Wildman–Crippen LogP) is 1.85. The summed E-state index contributed by atoms with van der Waals surface area (Å²) in [5.41, 5.74) is 7.24. The Morgan fingerprint density at radius 3 is 2.63 bits per heavy atom. The smallest absolute Gasteiger partial charge is 0.122 e. The standard InChI is InChI=1S/C14H21N3OS/c15-14(19)13-7-6-12(10-16-13)17(8-9-18)11-4-2-1-3-5-11/h6-7,10-11,18H,1-5,8-9H2,(H2,15,19). The Hall–Kier alpha value is -1.20. The lowest BCUT2D eigenvalue weighted by molar-refractivity contribution is 0.290. The van der Waals surface area contributed by atoms with Crippen LogP contribution < -0.4 is 10.6 Å². The fourth-order valence-electron chi connectivity index (χ4n) is 2.72. The van der Waals surface area contributed by atoms with Crippen molar-refractivity contribution in [3.8, 4) is 0 Å².